The number of benzene rings is 1. The van der Waals surface area contributed by atoms with Gasteiger partial charge >= 0.3 is 5.97 Å². The van der Waals surface area contributed by atoms with Crippen molar-refractivity contribution in [2.24, 2.45) is 0 Å². The highest BCUT2D eigenvalue weighted by Gasteiger charge is 2.04. The third-order valence-corrected chi connectivity index (χ3v) is 2.04. The first kappa shape index (κ1) is 11.4. The summed E-state index contributed by atoms with van der Waals surface area (Å²) in [4.78, 5) is 10.4. The van der Waals surface area contributed by atoms with Crippen LogP contribution in [0, 0.1) is 3.57 Å². The number of carboxylic acid groups (broad SMARTS) is 1. The fraction of sp³-hybridized carbons (Fsp3) is 0.222. The minimum atomic E-state index is -0.870. The zero-order chi connectivity index (χ0) is 9.56. The number of halogens is 1. The van der Waals surface area contributed by atoms with Crippen LogP contribution in [-0.2, 0) is 0 Å². The number of carboxylic acids is 1. The number of aromatic carboxylic acids is 1. The van der Waals surface area contributed by atoms with Gasteiger partial charge in [0, 0.05) is 3.57 Å². The molecule has 0 saturated heterocycles. The molecule has 1 rings (SSSR count). The zero-order valence-corrected chi connectivity index (χ0v) is 9.20. The molecule has 0 saturated carbocycles. The van der Waals surface area contributed by atoms with E-state index in [1.54, 1.807) is 18.2 Å². The maximum Gasteiger partial charge on any atom is 0.336 e. The van der Waals surface area contributed by atoms with Crippen LogP contribution in [0.2, 0.25) is 0 Å². The summed E-state index contributed by atoms with van der Waals surface area (Å²) < 4.78 is 0.771. The fourth-order valence-electron chi connectivity index (χ4n) is 0.635. The van der Waals surface area contributed by atoms with E-state index in [0.717, 1.165) is 3.57 Å². The van der Waals surface area contributed by atoms with E-state index in [0.29, 0.717) is 5.56 Å². The molecule has 12 heavy (non-hydrogen) atoms. The monoisotopic (exact) mass is 278 g/mol. The maximum atomic E-state index is 10.4. The van der Waals surface area contributed by atoms with E-state index in [2.05, 4.69) is 0 Å². The van der Waals surface area contributed by atoms with Crippen LogP contribution in [0.1, 0.15) is 24.2 Å². The number of hydrogen-bond acceptors (Lipinski definition) is 1. The van der Waals surface area contributed by atoms with Crippen LogP contribution in [-0.4, -0.2) is 11.1 Å². The maximum absolute atomic E-state index is 10.4. The molecule has 3 heteroatoms. The Kier molecular flexibility index (Phi) is 5.70. The van der Waals surface area contributed by atoms with Crippen molar-refractivity contribution in [1.29, 1.82) is 0 Å². The van der Waals surface area contributed by atoms with Crippen LogP contribution in [0.3, 0.4) is 0 Å². The Morgan fingerprint density at radius 3 is 2.17 bits per heavy atom. The number of carbonyl (C=O) groups is 1. The summed E-state index contributed by atoms with van der Waals surface area (Å²) >= 11 is 1.99. The summed E-state index contributed by atoms with van der Waals surface area (Å²) in [7, 11) is 0. The summed E-state index contributed by atoms with van der Waals surface area (Å²) in [6.45, 7) is 4.00. The third-order valence-electron chi connectivity index (χ3n) is 1.10. The average Bonchev–Trinajstić information content (AvgIpc) is 2.08. The van der Waals surface area contributed by atoms with Gasteiger partial charge in [-0.15, -0.1) is 0 Å². The predicted octanol–water partition coefficient (Wildman–Crippen LogP) is 3.02. The van der Waals surface area contributed by atoms with E-state index in [9.17, 15) is 4.79 Å². The molecule has 1 N–H and O–H groups in total. The Morgan fingerprint density at radius 1 is 1.33 bits per heavy atom. The highest BCUT2D eigenvalue weighted by molar-refractivity contribution is 14.1. The van der Waals surface area contributed by atoms with E-state index in [-0.39, 0.29) is 0 Å². The van der Waals surface area contributed by atoms with Crippen molar-refractivity contribution in [3.05, 3.63) is 33.4 Å². The molecule has 0 heterocycles. The van der Waals surface area contributed by atoms with Gasteiger partial charge in [-0.25, -0.2) is 4.79 Å². The van der Waals surface area contributed by atoms with Crippen LogP contribution in [0.5, 0.6) is 0 Å². The SMILES string of the molecule is CC.O=C(O)c1ccccc1I. The third kappa shape index (κ3) is 3.21. The van der Waals surface area contributed by atoms with Gasteiger partial charge in [-0.2, -0.15) is 0 Å². The Hall–Kier alpha value is -0.580. The topological polar surface area (TPSA) is 37.3 Å². The van der Waals surface area contributed by atoms with Crippen LogP contribution < -0.4 is 0 Å². The number of rotatable bonds is 1. The lowest BCUT2D eigenvalue weighted by atomic mass is 10.2. The van der Waals surface area contributed by atoms with Gasteiger partial charge in [0.2, 0.25) is 0 Å². The molecule has 1 aromatic rings. The van der Waals surface area contributed by atoms with Crippen molar-refractivity contribution < 1.29 is 9.90 Å². The fourth-order valence-corrected chi connectivity index (χ4v) is 1.25. The molecule has 2 nitrogen and oxygen atoms in total. The van der Waals surface area contributed by atoms with Crippen LogP contribution >= 0.6 is 22.6 Å². The second-order valence-electron chi connectivity index (χ2n) is 1.78. The molecule has 0 radical (unpaired) electrons. The minimum absolute atomic E-state index is 0.364. The summed E-state index contributed by atoms with van der Waals surface area (Å²) in [6.07, 6.45) is 0. The lowest BCUT2D eigenvalue weighted by molar-refractivity contribution is 0.0696. The number of hydrogen-bond donors (Lipinski definition) is 1. The van der Waals surface area contributed by atoms with E-state index < -0.39 is 5.97 Å². The van der Waals surface area contributed by atoms with Gasteiger partial charge in [-0.1, -0.05) is 26.0 Å². The van der Waals surface area contributed by atoms with Crippen molar-refractivity contribution in [1.82, 2.24) is 0 Å². The van der Waals surface area contributed by atoms with E-state index >= 15 is 0 Å². The Labute approximate surface area is 85.7 Å². The van der Waals surface area contributed by atoms with E-state index in [4.69, 9.17) is 5.11 Å². The van der Waals surface area contributed by atoms with E-state index in [1.165, 1.54) is 0 Å². The first-order valence-corrected chi connectivity index (χ1v) is 4.77. The van der Waals surface area contributed by atoms with Crippen molar-refractivity contribution in [3.63, 3.8) is 0 Å². The lowest BCUT2D eigenvalue weighted by Gasteiger charge is -1.94. The van der Waals surface area contributed by atoms with Gasteiger partial charge in [0.25, 0.3) is 0 Å². The molecule has 0 aromatic heterocycles. The molecule has 0 aliphatic heterocycles. The molecular formula is C9H11IO2. The van der Waals surface area contributed by atoms with Crippen molar-refractivity contribution >= 4 is 28.6 Å². The van der Waals surface area contributed by atoms with Gasteiger partial charge in [-0.3, -0.25) is 0 Å². The highest BCUT2D eigenvalue weighted by atomic mass is 127. The largest absolute Gasteiger partial charge is 0.478 e. The van der Waals surface area contributed by atoms with Crippen LogP contribution in [0.15, 0.2) is 24.3 Å². The second kappa shape index (κ2) is 5.99. The normalized spacial score (nSPS) is 8.25. The van der Waals surface area contributed by atoms with E-state index in [1.807, 2.05) is 42.5 Å². The Morgan fingerprint density at radius 2 is 1.83 bits per heavy atom. The molecule has 1 aromatic carbocycles. The summed E-state index contributed by atoms with van der Waals surface area (Å²) in [5.41, 5.74) is 0.364. The Bertz CT molecular complexity index is 258. The molecule has 0 bridgehead atoms. The molecule has 0 fully saturated rings. The smallest absolute Gasteiger partial charge is 0.336 e. The van der Waals surface area contributed by atoms with Gasteiger partial charge in [-0.05, 0) is 34.7 Å². The van der Waals surface area contributed by atoms with Crippen molar-refractivity contribution in [2.75, 3.05) is 0 Å². The predicted molar refractivity (Wildman–Crippen MR) is 57.5 cm³/mol. The Balaban J connectivity index is 0.000000561. The second-order valence-corrected chi connectivity index (χ2v) is 2.95. The van der Waals surface area contributed by atoms with Gasteiger partial charge < -0.3 is 5.11 Å². The molecule has 0 atom stereocenters. The van der Waals surface area contributed by atoms with Crippen LogP contribution in [0.25, 0.3) is 0 Å². The molecular weight excluding hydrogens is 267 g/mol. The standard InChI is InChI=1S/C7H5IO2.C2H6/c8-6-4-2-1-3-5(6)7(9)10;1-2/h1-4H,(H,9,10);1-2H3. The van der Waals surface area contributed by atoms with Gasteiger partial charge in [0.1, 0.15) is 0 Å². The molecule has 0 aliphatic rings. The average molecular weight is 278 g/mol. The molecule has 0 aliphatic carbocycles. The molecule has 66 valence electrons. The minimum Gasteiger partial charge on any atom is -0.478 e. The summed E-state index contributed by atoms with van der Waals surface area (Å²) in [5, 5.41) is 8.56. The lowest BCUT2D eigenvalue weighted by Crippen LogP contribution is -1.97. The first-order valence-electron chi connectivity index (χ1n) is 3.69. The van der Waals surface area contributed by atoms with Crippen LogP contribution in [0.4, 0.5) is 0 Å². The molecule has 0 amide bonds. The molecule has 0 spiro atoms. The van der Waals surface area contributed by atoms with Gasteiger partial charge in [0.15, 0.2) is 0 Å². The van der Waals surface area contributed by atoms with Crippen molar-refractivity contribution in [2.45, 2.75) is 13.8 Å². The van der Waals surface area contributed by atoms with Gasteiger partial charge in [0.05, 0.1) is 5.56 Å². The van der Waals surface area contributed by atoms with Crippen molar-refractivity contribution in [3.8, 4) is 0 Å². The summed E-state index contributed by atoms with van der Waals surface area (Å²) in [6, 6.07) is 6.88. The zero-order valence-electron chi connectivity index (χ0n) is 7.04. The quantitative estimate of drug-likeness (QED) is 0.802. The summed E-state index contributed by atoms with van der Waals surface area (Å²) in [5.74, 6) is -0.870. The first-order chi connectivity index (χ1) is 5.72. The highest BCUT2D eigenvalue weighted by Crippen LogP contribution is 2.10. The molecule has 0 unspecified atom stereocenters.